The van der Waals surface area contributed by atoms with Crippen molar-refractivity contribution in [2.45, 2.75) is 31.9 Å². The molecular weight excluding hydrogens is 84.9 g/mol. The molecule has 0 amide bonds. The third kappa shape index (κ3) is 1.52. The van der Waals surface area contributed by atoms with Gasteiger partial charge in [-0.3, -0.25) is 0 Å². The van der Waals surface area contributed by atoms with Crippen molar-refractivity contribution in [2.24, 2.45) is 5.64 Å². The van der Waals surface area contributed by atoms with Crippen LogP contribution in [-0.2, 0) is 0 Å². The zero-order valence-corrected chi connectivity index (χ0v) is 4.69. The number of nitrogens with two attached hydrogens (primary N) is 1. The molecule has 1 rings (SSSR count). The van der Waals surface area contributed by atoms with Gasteiger partial charge in [0.25, 0.3) is 0 Å². The number of rotatable bonds is 0. The molecule has 1 nitrogen and oxygen atoms in total. The minimum atomic E-state index is 0.536. The highest BCUT2D eigenvalue weighted by atomic mass is 14.4. The predicted molar refractivity (Wildman–Crippen MR) is 33.4 cm³/mol. The first kappa shape index (κ1) is 5.17. The van der Waals surface area contributed by atoms with Gasteiger partial charge in [0.2, 0.25) is 6.85 Å². The van der Waals surface area contributed by atoms with Crippen LogP contribution in [0.25, 0.3) is 0 Å². The Kier molecular flexibility index (Phi) is 1.74. The Morgan fingerprint density at radius 1 is 1.00 bits per heavy atom. The summed E-state index contributed by atoms with van der Waals surface area (Å²) in [7, 11) is 0. The Balaban J connectivity index is 2.12. The second-order valence-electron chi connectivity index (χ2n) is 2.40. The lowest BCUT2D eigenvalue weighted by Gasteiger charge is -2.11. The first-order valence-electron chi connectivity index (χ1n) is 3.15. The first-order chi connectivity index (χ1) is 3.39. The van der Waals surface area contributed by atoms with E-state index < -0.39 is 0 Å². The third-order valence-electron chi connectivity index (χ3n) is 1.65. The molecular formula is C5H12BN. The lowest BCUT2D eigenvalue weighted by Crippen LogP contribution is -2.26. The second-order valence-corrected chi connectivity index (χ2v) is 2.40. The summed E-state index contributed by atoms with van der Waals surface area (Å²) in [6, 6.07) is 0. The lowest BCUT2D eigenvalue weighted by molar-refractivity contribution is 0.722. The quantitative estimate of drug-likeness (QED) is 0.450. The summed E-state index contributed by atoms with van der Waals surface area (Å²) in [4.78, 5) is 0. The molecule has 0 radical (unpaired) electrons. The summed E-state index contributed by atoms with van der Waals surface area (Å²) >= 11 is 0. The van der Waals surface area contributed by atoms with Crippen LogP contribution in [0, 0.1) is 0 Å². The molecule has 0 bridgehead atoms. The van der Waals surface area contributed by atoms with Gasteiger partial charge in [0, 0.05) is 0 Å². The minimum absolute atomic E-state index is 0.536. The SMILES string of the molecule is NB1CCCCC1. The van der Waals surface area contributed by atoms with E-state index in [0.29, 0.717) is 6.85 Å². The predicted octanol–water partition coefficient (Wildman–Crippen LogP) is 1.12. The van der Waals surface area contributed by atoms with Crippen LogP contribution in [0.5, 0.6) is 0 Å². The molecule has 0 aromatic heterocycles. The zero-order chi connectivity index (χ0) is 5.11. The Hall–Kier alpha value is 0.0249. The van der Waals surface area contributed by atoms with E-state index >= 15 is 0 Å². The van der Waals surface area contributed by atoms with Crippen LogP contribution in [-0.4, -0.2) is 6.85 Å². The number of hydrogen-bond acceptors (Lipinski definition) is 1. The van der Waals surface area contributed by atoms with E-state index in [-0.39, 0.29) is 0 Å². The van der Waals surface area contributed by atoms with E-state index in [0.717, 1.165) is 0 Å². The van der Waals surface area contributed by atoms with Gasteiger partial charge in [-0.1, -0.05) is 31.9 Å². The van der Waals surface area contributed by atoms with Crippen LogP contribution in [0.1, 0.15) is 19.3 Å². The van der Waals surface area contributed by atoms with Gasteiger partial charge >= 0.3 is 0 Å². The van der Waals surface area contributed by atoms with Gasteiger partial charge < -0.3 is 5.64 Å². The molecule has 1 aliphatic heterocycles. The largest absolute Gasteiger partial charge is 0.370 e. The van der Waals surface area contributed by atoms with Crippen molar-refractivity contribution in [3.05, 3.63) is 0 Å². The molecule has 0 atom stereocenters. The second kappa shape index (κ2) is 2.36. The molecule has 2 heteroatoms. The van der Waals surface area contributed by atoms with Crippen LogP contribution in [0.3, 0.4) is 0 Å². The molecule has 2 N–H and O–H groups in total. The lowest BCUT2D eigenvalue weighted by atomic mass is 9.53. The van der Waals surface area contributed by atoms with Gasteiger partial charge in [-0.05, 0) is 0 Å². The molecule has 0 aromatic carbocycles. The molecule has 0 unspecified atom stereocenters. The highest BCUT2D eigenvalue weighted by Crippen LogP contribution is 2.14. The normalized spacial score (nSPS) is 22.7. The van der Waals surface area contributed by atoms with E-state index in [9.17, 15) is 0 Å². The average Bonchev–Trinajstić information content (AvgIpc) is 1.69. The molecule has 0 saturated carbocycles. The fourth-order valence-corrected chi connectivity index (χ4v) is 1.13. The first-order valence-corrected chi connectivity index (χ1v) is 3.15. The molecule has 0 spiro atoms. The van der Waals surface area contributed by atoms with Crippen molar-refractivity contribution in [3.63, 3.8) is 0 Å². The van der Waals surface area contributed by atoms with Crippen LogP contribution in [0.4, 0.5) is 0 Å². The molecule has 0 aliphatic carbocycles. The Labute approximate surface area is 45.4 Å². The van der Waals surface area contributed by atoms with Crippen LogP contribution in [0.15, 0.2) is 0 Å². The summed E-state index contributed by atoms with van der Waals surface area (Å²) in [5, 5.41) is 0. The van der Waals surface area contributed by atoms with Gasteiger partial charge in [-0.25, -0.2) is 0 Å². The van der Waals surface area contributed by atoms with Crippen LogP contribution in [0.2, 0.25) is 12.6 Å². The van der Waals surface area contributed by atoms with E-state index in [1.807, 2.05) is 0 Å². The van der Waals surface area contributed by atoms with Crippen molar-refractivity contribution in [1.82, 2.24) is 0 Å². The van der Waals surface area contributed by atoms with E-state index in [2.05, 4.69) is 0 Å². The van der Waals surface area contributed by atoms with Crippen LogP contribution < -0.4 is 5.64 Å². The van der Waals surface area contributed by atoms with Gasteiger partial charge in [-0.15, -0.1) is 0 Å². The fourth-order valence-electron chi connectivity index (χ4n) is 1.13. The molecule has 40 valence electrons. The Morgan fingerprint density at radius 2 is 1.57 bits per heavy atom. The number of hydrogen-bond donors (Lipinski definition) is 1. The van der Waals surface area contributed by atoms with E-state index in [1.165, 1.54) is 31.9 Å². The standard InChI is InChI=1S/C5H12BN/c7-6-4-2-1-3-5-6/h1-5,7H2. The highest BCUT2D eigenvalue weighted by Gasteiger charge is 2.11. The van der Waals surface area contributed by atoms with Crippen molar-refractivity contribution in [3.8, 4) is 0 Å². The summed E-state index contributed by atoms with van der Waals surface area (Å²) in [5.41, 5.74) is 5.63. The van der Waals surface area contributed by atoms with Crippen molar-refractivity contribution >= 4 is 6.85 Å². The summed E-state index contributed by atoms with van der Waals surface area (Å²) in [6.07, 6.45) is 6.66. The summed E-state index contributed by atoms with van der Waals surface area (Å²) in [5.74, 6) is 0. The smallest absolute Gasteiger partial charge is 0.217 e. The molecule has 1 fully saturated rings. The van der Waals surface area contributed by atoms with E-state index in [4.69, 9.17) is 5.64 Å². The zero-order valence-electron chi connectivity index (χ0n) is 4.69. The van der Waals surface area contributed by atoms with Gasteiger partial charge in [0.05, 0.1) is 0 Å². The van der Waals surface area contributed by atoms with Crippen molar-refractivity contribution < 1.29 is 0 Å². The highest BCUT2D eigenvalue weighted by molar-refractivity contribution is 6.55. The Morgan fingerprint density at radius 3 is 1.86 bits per heavy atom. The maximum Gasteiger partial charge on any atom is 0.217 e. The molecule has 1 aliphatic rings. The van der Waals surface area contributed by atoms with Crippen molar-refractivity contribution in [2.75, 3.05) is 0 Å². The monoisotopic (exact) mass is 97.1 g/mol. The van der Waals surface area contributed by atoms with Gasteiger partial charge in [0.15, 0.2) is 0 Å². The Bertz CT molecular complexity index is 50.0. The van der Waals surface area contributed by atoms with E-state index in [1.54, 1.807) is 0 Å². The summed E-state index contributed by atoms with van der Waals surface area (Å²) in [6.45, 7) is 0.536. The summed E-state index contributed by atoms with van der Waals surface area (Å²) < 4.78 is 0. The maximum absolute atomic E-state index is 5.63. The molecule has 1 saturated heterocycles. The van der Waals surface area contributed by atoms with Gasteiger partial charge in [-0.2, -0.15) is 0 Å². The topological polar surface area (TPSA) is 26.0 Å². The maximum atomic E-state index is 5.63. The molecule has 7 heavy (non-hydrogen) atoms. The molecule has 1 heterocycles. The average molecular weight is 97.0 g/mol. The van der Waals surface area contributed by atoms with Gasteiger partial charge in [0.1, 0.15) is 0 Å². The van der Waals surface area contributed by atoms with Crippen molar-refractivity contribution in [1.29, 1.82) is 0 Å². The third-order valence-corrected chi connectivity index (χ3v) is 1.65. The van der Waals surface area contributed by atoms with Crippen LogP contribution >= 0.6 is 0 Å². The fraction of sp³-hybridized carbons (Fsp3) is 1.00. The molecule has 0 aromatic rings. The minimum Gasteiger partial charge on any atom is -0.370 e.